The average molecular weight is 259 g/mol. The Morgan fingerprint density at radius 1 is 1.28 bits per heavy atom. The predicted octanol–water partition coefficient (Wildman–Crippen LogP) is 1.76. The summed E-state index contributed by atoms with van der Waals surface area (Å²) in [7, 11) is 0. The van der Waals surface area contributed by atoms with Crippen molar-refractivity contribution in [1.29, 1.82) is 0 Å². The van der Waals surface area contributed by atoms with Gasteiger partial charge in [-0.25, -0.2) is 0 Å². The molecular formula is C13H25NO4. The summed E-state index contributed by atoms with van der Waals surface area (Å²) in [5.74, 6) is -0.554. The van der Waals surface area contributed by atoms with E-state index in [1.165, 1.54) is 0 Å². The molecule has 0 heterocycles. The van der Waals surface area contributed by atoms with Gasteiger partial charge in [0.2, 0.25) is 5.91 Å². The smallest absolute Gasteiger partial charge is 0.305 e. The Morgan fingerprint density at radius 3 is 2.44 bits per heavy atom. The molecule has 0 unspecified atom stereocenters. The number of hydrogen-bond acceptors (Lipinski definition) is 3. The molecule has 0 aliphatic heterocycles. The highest BCUT2D eigenvalue weighted by atomic mass is 16.5. The quantitative estimate of drug-likeness (QED) is 0.607. The van der Waals surface area contributed by atoms with E-state index in [2.05, 4.69) is 0 Å². The largest absolute Gasteiger partial charge is 0.481 e. The summed E-state index contributed by atoms with van der Waals surface area (Å²) in [6, 6.07) is 0. The fourth-order valence-electron chi connectivity index (χ4n) is 1.57. The van der Waals surface area contributed by atoms with Gasteiger partial charge in [-0.05, 0) is 19.3 Å². The Hall–Kier alpha value is -1.10. The van der Waals surface area contributed by atoms with Crippen molar-refractivity contribution in [2.24, 2.45) is 5.92 Å². The molecular weight excluding hydrogens is 234 g/mol. The van der Waals surface area contributed by atoms with Crippen LogP contribution in [0, 0.1) is 5.92 Å². The molecule has 0 atom stereocenters. The molecule has 0 fully saturated rings. The molecule has 0 rings (SSSR count). The van der Waals surface area contributed by atoms with Crippen molar-refractivity contribution >= 4 is 11.9 Å². The third kappa shape index (κ3) is 8.98. The summed E-state index contributed by atoms with van der Waals surface area (Å²) in [6.45, 7) is 8.00. The number of carboxylic acid groups (broad SMARTS) is 1. The van der Waals surface area contributed by atoms with Crippen LogP contribution in [0.1, 0.15) is 40.0 Å². The molecule has 0 aliphatic carbocycles. The maximum atomic E-state index is 11.9. The van der Waals surface area contributed by atoms with E-state index in [0.717, 1.165) is 6.42 Å². The Balaban J connectivity index is 4.14. The van der Waals surface area contributed by atoms with Gasteiger partial charge in [0, 0.05) is 32.7 Å². The lowest BCUT2D eigenvalue weighted by Gasteiger charge is -2.23. The highest BCUT2D eigenvalue weighted by Crippen LogP contribution is 2.06. The van der Waals surface area contributed by atoms with Gasteiger partial charge >= 0.3 is 5.97 Å². The Labute approximate surface area is 109 Å². The lowest BCUT2D eigenvalue weighted by molar-refractivity contribution is -0.138. The SMILES string of the molecule is CCOCCCN(CCC(=O)O)C(=O)CC(C)C. The maximum absolute atomic E-state index is 11.9. The second-order valence-corrected chi connectivity index (χ2v) is 4.67. The molecule has 0 aromatic heterocycles. The van der Waals surface area contributed by atoms with Gasteiger partial charge in [-0.3, -0.25) is 9.59 Å². The van der Waals surface area contributed by atoms with Gasteiger partial charge in [0.1, 0.15) is 0 Å². The van der Waals surface area contributed by atoms with Crippen molar-refractivity contribution in [1.82, 2.24) is 4.90 Å². The number of ether oxygens (including phenoxy) is 1. The topological polar surface area (TPSA) is 66.8 Å². The molecule has 1 amide bonds. The molecule has 5 heteroatoms. The molecule has 106 valence electrons. The minimum absolute atomic E-state index is 0.00152. The van der Waals surface area contributed by atoms with E-state index in [1.54, 1.807) is 4.90 Å². The number of aliphatic carboxylic acids is 1. The summed E-state index contributed by atoms with van der Waals surface area (Å²) in [6.07, 6.45) is 1.21. The van der Waals surface area contributed by atoms with Crippen molar-refractivity contribution in [3.63, 3.8) is 0 Å². The number of amides is 1. The molecule has 0 spiro atoms. The number of rotatable bonds is 10. The van der Waals surface area contributed by atoms with Crippen molar-refractivity contribution in [2.75, 3.05) is 26.3 Å². The second-order valence-electron chi connectivity index (χ2n) is 4.67. The number of carbonyl (C=O) groups excluding carboxylic acids is 1. The summed E-state index contributed by atoms with van der Waals surface area (Å²) >= 11 is 0. The standard InChI is InChI=1S/C13H25NO4/c1-4-18-9-5-7-14(8-6-13(16)17)12(15)10-11(2)3/h11H,4-10H2,1-3H3,(H,16,17). The van der Waals surface area contributed by atoms with Crippen LogP contribution < -0.4 is 0 Å². The van der Waals surface area contributed by atoms with Gasteiger partial charge in [0.15, 0.2) is 0 Å². The maximum Gasteiger partial charge on any atom is 0.305 e. The van der Waals surface area contributed by atoms with Crippen LogP contribution in [0.5, 0.6) is 0 Å². The Kier molecular flexibility index (Phi) is 9.28. The zero-order chi connectivity index (χ0) is 14.0. The van der Waals surface area contributed by atoms with Crippen LogP contribution in [0.15, 0.2) is 0 Å². The fourth-order valence-corrected chi connectivity index (χ4v) is 1.57. The van der Waals surface area contributed by atoms with E-state index in [9.17, 15) is 9.59 Å². The van der Waals surface area contributed by atoms with E-state index in [4.69, 9.17) is 9.84 Å². The Morgan fingerprint density at radius 2 is 1.94 bits per heavy atom. The van der Waals surface area contributed by atoms with E-state index >= 15 is 0 Å². The predicted molar refractivity (Wildman–Crippen MR) is 69.4 cm³/mol. The second kappa shape index (κ2) is 9.88. The van der Waals surface area contributed by atoms with Crippen molar-refractivity contribution in [3.05, 3.63) is 0 Å². The summed E-state index contributed by atoms with van der Waals surface area (Å²) in [5, 5.41) is 8.67. The lowest BCUT2D eigenvalue weighted by Crippen LogP contribution is -2.35. The molecule has 0 radical (unpaired) electrons. The van der Waals surface area contributed by atoms with Gasteiger partial charge in [-0.2, -0.15) is 0 Å². The van der Waals surface area contributed by atoms with E-state index in [1.807, 2.05) is 20.8 Å². The van der Waals surface area contributed by atoms with Crippen LogP contribution in [-0.4, -0.2) is 48.2 Å². The fraction of sp³-hybridized carbons (Fsp3) is 0.846. The van der Waals surface area contributed by atoms with Crippen LogP contribution in [-0.2, 0) is 14.3 Å². The monoisotopic (exact) mass is 259 g/mol. The van der Waals surface area contributed by atoms with Crippen molar-refractivity contribution in [2.45, 2.75) is 40.0 Å². The highest BCUT2D eigenvalue weighted by Gasteiger charge is 2.15. The van der Waals surface area contributed by atoms with Crippen molar-refractivity contribution in [3.8, 4) is 0 Å². The van der Waals surface area contributed by atoms with E-state index in [0.29, 0.717) is 26.2 Å². The van der Waals surface area contributed by atoms with Gasteiger partial charge in [-0.15, -0.1) is 0 Å². The molecule has 1 N–H and O–H groups in total. The third-order valence-corrected chi connectivity index (χ3v) is 2.45. The minimum atomic E-state index is -0.873. The first-order valence-corrected chi connectivity index (χ1v) is 6.54. The van der Waals surface area contributed by atoms with Crippen LogP contribution in [0.25, 0.3) is 0 Å². The first-order valence-electron chi connectivity index (χ1n) is 6.54. The molecule has 0 saturated heterocycles. The zero-order valence-electron chi connectivity index (χ0n) is 11.6. The first-order chi connectivity index (χ1) is 8.47. The first kappa shape index (κ1) is 16.9. The summed E-state index contributed by atoms with van der Waals surface area (Å²) in [5.41, 5.74) is 0. The molecule has 18 heavy (non-hydrogen) atoms. The van der Waals surface area contributed by atoms with E-state index in [-0.39, 0.29) is 24.8 Å². The molecule has 0 saturated carbocycles. The summed E-state index contributed by atoms with van der Waals surface area (Å²) < 4.78 is 5.22. The van der Waals surface area contributed by atoms with Crippen LogP contribution in [0.2, 0.25) is 0 Å². The van der Waals surface area contributed by atoms with Gasteiger partial charge in [0.05, 0.1) is 6.42 Å². The zero-order valence-corrected chi connectivity index (χ0v) is 11.6. The third-order valence-electron chi connectivity index (χ3n) is 2.45. The van der Waals surface area contributed by atoms with Gasteiger partial charge in [-0.1, -0.05) is 13.8 Å². The number of nitrogens with zero attached hydrogens (tertiary/aromatic N) is 1. The number of hydrogen-bond donors (Lipinski definition) is 1. The number of carboxylic acids is 1. The molecule has 0 aliphatic rings. The average Bonchev–Trinajstić information content (AvgIpc) is 2.26. The van der Waals surface area contributed by atoms with E-state index < -0.39 is 5.97 Å². The normalized spacial score (nSPS) is 10.7. The summed E-state index contributed by atoms with van der Waals surface area (Å²) in [4.78, 5) is 24.1. The molecule has 0 aromatic carbocycles. The van der Waals surface area contributed by atoms with Gasteiger partial charge < -0.3 is 14.7 Å². The molecule has 0 bridgehead atoms. The molecule has 5 nitrogen and oxygen atoms in total. The van der Waals surface area contributed by atoms with Gasteiger partial charge in [0.25, 0.3) is 0 Å². The minimum Gasteiger partial charge on any atom is -0.481 e. The van der Waals surface area contributed by atoms with Crippen molar-refractivity contribution < 1.29 is 19.4 Å². The number of carbonyl (C=O) groups is 2. The highest BCUT2D eigenvalue weighted by molar-refractivity contribution is 5.77. The van der Waals surface area contributed by atoms with Crippen LogP contribution >= 0.6 is 0 Å². The Bertz CT molecular complexity index is 253. The van der Waals surface area contributed by atoms with Crippen LogP contribution in [0.3, 0.4) is 0 Å². The lowest BCUT2D eigenvalue weighted by atomic mass is 10.1. The van der Waals surface area contributed by atoms with Crippen LogP contribution in [0.4, 0.5) is 0 Å². The molecule has 0 aromatic rings.